The smallest absolute Gasteiger partial charge is 0.332 e. The summed E-state index contributed by atoms with van der Waals surface area (Å²) in [5.74, 6) is -2.80. The van der Waals surface area contributed by atoms with Gasteiger partial charge in [-0.25, -0.2) is 4.79 Å². The molecule has 0 amide bonds. The van der Waals surface area contributed by atoms with Crippen molar-refractivity contribution in [3.05, 3.63) is 60.2 Å². The summed E-state index contributed by atoms with van der Waals surface area (Å²) in [7, 11) is -4.41. The number of carboxylic acids is 2. The van der Waals surface area contributed by atoms with Crippen LogP contribution in [0.4, 0.5) is 0 Å². The molecule has 3 unspecified atom stereocenters. The minimum Gasteiger partial charge on any atom is -0.481 e. The Bertz CT molecular complexity index is 822. The molecule has 1 aromatic rings. The predicted octanol–water partition coefficient (Wildman–Crippen LogP) is 2.27. The van der Waals surface area contributed by atoms with Crippen LogP contribution in [-0.4, -0.2) is 32.7 Å². The first kappa shape index (κ1) is 17.9. The van der Waals surface area contributed by atoms with Gasteiger partial charge in [-0.3, -0.25) is 9.36 Å². The van der Waals surface area contributed by atoms with E-state index in [1.54, 1.807) is 12.1 Å². The number of aliphatic carboxylic acids is 2. The molecule has 3 atom stereocenters. The van der Waals surface area contributed by atoms with Crippen molar-refractivity contribution in [1.82, 2.24) is 0 Å². The van der Waals surface area contributed by atoms with Gasteiger partial charge in [0.1, 0.15) is 0 Å². The van der Waals surface area contributed by atoms with E-state index in [1.165, 1.54) is 37.3 Å². The number of carboxylic acid groups (broad SMARTS) is 2. The molecule has 24 heavy (non-hydrogen) atoms. The molecule has 126 valence electrons. The minimum atomic E-state index is -4.41. The Balaban J connectivity index is 2.76. The third kappa shape index (κ3) is 2.75. The number of hydrogen-bond donors (Lipinski definition) is 3. The molecule has 2 rings (SSSR count). The van der Waals surface area contributed by atoms with Crippen molar-refractivity contribution in [3.8, 4) is 0 Å². The molecular formula is C17H17O6P. The predicted molar refractivity (Wildman–Crippen MR) is 90.4 cm³/mol. The lowest BCUT2D eigenvalue weighted by atomic mass is 9.79. The first-order chi connectivity index (χ1) is 11.2. The largest absolute Gasteiger partial charge is 0.481 e. The van der Waals surface area contributed by atoms with Crippen molar-refractivity contribution in [2.45, 2.75) is 12.6 Å². The molecule has 0 aromatic heterocycles. The summed E-state index contributed by atoms with van der Waals surface area (Å²) in [6.45, 7) is 4.82. The fourth-order valence-electron chi connectivity index (χ4n) is 2.88. The van der Waals surface area contributed by atoms with Gasteiger partial charge in [0.05, 0.1) is 16.6 Å². The van der Waals surface area contributed by atoms with E-state index in [0.717, 1.165) is 6.08 Å². The van der Waals surface area contributed by atoms with E-state index in [-0.39, 0.29) is 5.30 Å². The van der Waals surface area contributed by atoms with Crippen LogP contribution >= 0.6 is 7.37 Å². The maximum Gasteiger partial charge on any atom is 0.332 e. The highest BCUT2D eigenvalue weighted by Gasteiger charge is 2.54. The third-order valence-corrected chi connectivity index (χ3v) is 6.75. The monoisotopic (exact) mass is 348 g/mol. The number of hydrogen-bond acceptors (Lipinski definition) is 3. The Morgan fingerprint density at radius 1 is 1.29 bits per heavy atom. The van der Waals surface area contributed by atoms with Crippen LogP contribution in [0, 0.1) is 5.41 Å². The Kier molecular flexibility index (Phi) is 4.65. The van der Waals surface area contributed by atoms with Crippen molar-refractivity contribution >= 4 is 30.7 Å². The van der Waals surface area contributed by atoms with Crippen LogP contribution in [0.1, 0.15) is 12.5 Å². The Morgan fingerprint density at radius 2 is 1.92 bits per heavy atom. The third-order valence-electron chi connectivity index (χ3n) is 4.14. The van der Waals surface area contributed by atoms with Crippen molar-refractivity contribution in [3.63, 3.8) is 0 Å². The number of rotatable bonds is 5. The van der Waals surface area contributed by atoms with E-state index >= 15 is 0 Å². The molecule has 0 fully saturated rings. The molecule has 0 aliphatic heterocycles. The van der Waals surface area contributed by atoms with Crippen molar-refractivity contribution in [1.29, 1.82) is 0 Å². The summed E-state index contributed by atoms with van der Waals surface area (Å²) in [4.78, 5) is 34.2. The van der Waals surface area contributed by atoms with E-state index in [2.05, 4.69) is 6.58 Å². The zero-order valence-corrected chi connectivity index (χ0v) is 13.8. The Hall–Kier alpha value is -2.43. The van der Waals surface area contributed by atoms with Crippen LogP contribution in [0.5, 0.6) is 0 Å². The summed E-state index contributed by atoms with van der Waals surface area (Å²) in [6.07, 6.45) is 5.07. The molecule has 0 bridgehead atoms. The van der Waals surface area contributed by atoms with Gasteiger partial charge < -0.3 is 15.1 Å². The first-order valence-electron chi connectivity index (χ1n) is 7.07. The van der Waals surface area contributed by atoms with Crippen LogP contribution in [-0.2, 0) is 14.2 Å². The van der Waals surface area contributed by atoms with Gasteiger partial charge in [0.25, 0.3) is 0 Å². The zero-order chi connectivity index (χ0) is 18.1. The van der Waals surface area contributed by atoms with Gasteiger partial charge in [-0.05, 0) is 18.6 Å². The van der Waals surface area contributed by atoms with Gasteiger partial charge in [0, 0.05) is 5.30 Å². The lowest BCUT2D eigenvalue weighted by molar-refractivity contribution is -0.145. The van der Waals surface area contributed by atoms with Crippen LogP contribution < -0.4 is 5.30 Å². The second-order valence-electron chi connectivity index (χ2n) is 5.66. The van der Waals surface area contributed by atoms with Crippen LogP contribution in [0.2, 0.25) is 0 Å². The normalized spacial score (nSPS) is 25.4. The van der Waals surface area contributed by atoms with Crippen LogP contribution in [0.15, 0.2) is 54.6 Å². The van der Waals surface area contributed by atoms with Crippen molar-refractivity contribution < 1.29 is 29.3 Å². The van der Waals surface area contributed by atoms with Gasteiger partial charge in [-0.1, -0.05) is 49.1 Å². The van der Waals surface area contributed by atoms with E-state index in [0.29, 0.717) is 5.56 Å². The summed E-state index contributed by atoms with van der Waals surface area (Å²) in [6, 6.07) is 6.13. The quantitative estimate of drug-likeness (QED) is 0.704. The highest BCUT2D eigenvalue weighted by atomic mass is 31.2. The molecule has 3 N–H and O–H groups in total. The fraction of sp³-hybridized carbons (Fsp3) is 0.176. The van der Waals surface area contributed by atoms with E-state index in [4.69, 9.17) is 0 Å². The number of benzene rings is 1. The molecule has 6 nitrogen and oxygen atoms in total. The molecule has 1 aliphatic carbocycles. The van der Waals surface area contributed by atoms with Crippen molar-refractivity contribution in [2.24, 2.45) is 5.41 Å². The topological polar surface area (TPSA) is 112 Å². The summed E-state index contributed by atoms with van der Waals surface area (Å²) in [5, 5.41) is 19.0. The molecule has 1 aromatic carbocycles. The van der Waals surface area contributed by atoms with E-state index in [9.17, 15) is 29.3 Å². The lowest BCUT2D eigenvalue weighted by Crippen LogP contribution is -2.44. The van der Waals surface area contributed by atoms with Gasteiger partial charge >= 0.3 is 11.9 Å². The van der Waals surface area contributed by atoms with Crippen LogP contribution in [0.25, 0.3) is 6.08 Å². The van der Waals surface area contributed by atoms with E-state index in [1.807, 2.05) is 0 Å². The highest BCUT2D eigenvalue weighted by molar-refractivity contribution is 7.67. The molecule has 7 heteroatoms. The second-order valence-corrected chi connectivity index (χ2v) is 7.91. The molecule has 0 saturated heterocycles. The maximum atomic E-state index is 13.3. The molecule has 0 spiro atoms. The molecule has 1 aliphatic rings. The average Bonchev–Trinajstić information content (AvgIpc) is 2.54. The summed E-state index contributed by atoms with van der Waals surface area (Å²) < 4.78 is 13.3. The Morgan fingerprint density at radius 3 is 2.46 bits per heavy atom. The molecule has 0 heterocycles. The van der Waals surface area contributed by atoms with Gasteiger partial charge in [0.2, 0.25) is 7.37 Å². The first-order valence-corrected chi connectivity index (χ1v) is 8.79. The highest BCUT2D eigenvalue weighted by Crippen LogP contribution is 2.57. The van der Waals surface area contributed by atoms with E-state index < -0.39 is 36.0 Å². The fourth-order valence-corrected chi connectivity index (χ4v) is 5.49. The van der Waals surface area contributed by atoms with Gasteiger partial charge in [0.15, 0.2) is 0 Å². The average molecular weight is 348 g/mol. The molecular weight excluding hydrogens is 331 g/mol. The molecule has 0 radical (unpaired) electrons. The zero-order valence-electron chi connectivity index (χ0n) is 12.9. The molecule has 0 saturated carbocycles. The second kappa shape index (κ2) is 6.23. The van der Waals surface area contributed by atoms with Gasteiger partial charge in [-0.15, -0.1) is 0 Å². The van der Waals surface area contributed by atoms with Crippen LogP contribution in [0.3, 0.4) is 0 Å². The SMILES string of the molecule is C=Cc1ccccc1P(=O)(O)C1C(C(=O)O)=CC=CC1(C)C(=O)O. The lowest BCUT2D eigenvalue weighted by Gasteiger charge is -2.37. The minimum absolute atomic E-state index is 0.0140. The summed E-state index contributed by atoms with van der Waals surface area (Å²) in [5.41, 5.74) is -3.50. The summed E-state index contributed by atoms with van der Waals surface area (Å²) >= 11 is 0. The van der Waals surface area contributed by atoms with Crippen molar-refractivity contribution in [2.75, 3.05) is 0 Å². The maximum absolute atomic E-state index is 13.3. The Labute approximate surface area is 138 Å². The number of allylic oxidation sites excluding steroid dienone is 2. The van der Waals surface area contributed by atoms with Gasteiger partial charge in [-0.2, -0.15) is 0 Å². The standard InChI is InChI=1S/C17H17O6P/c1-3-11-7-4-5-9-13(11)24(22,23)14-12(15(18)19)8-6-10-17(14,2)16(20)21/h3-10,14H,1H2,2H3,(H,18,19)(H,20,21)(H,22,23). The number of carbonyl (C=O) groups is 2.